The van der Waals surface area contributed by atoms with Crippen molar-refractivity contribution in [2.24, 2.45) is 0 Å². The van der Waals surface area contributed by atoms with Gasteiger partial charge >= 0.3 is 0 Å². The zero-order chi connectivity index (χ0) is 19.2. The van der Waals surface area contributed by atoms with Gasteiger partial charge in [-0.2, -0.15) is 0 Å². The minimum atomic E-state index is -0.397. The molecule has 1 aliphatic rings. The van der Waals surface area contributed by atoms with Crippen LogP contribution >= 0.6 is 15.9 Å². The van der Waals surface area contributed by atoms with E-state index in [9.17, 15) is 4.79 Å². The van der Waals surface area contributed by atoms with Crippen molar-refractivity contribution in [1.82, 2.24) is 19.9 Å². The molecule has 0 aliphatic carbocycles. The number of nitrogens with zero attached hydrogens (tertiary/aromatic N) is 4. The molecule has 1 unspecified atom stereocenters. The number of hydrogen-bond donors (Lipinski definition) is 0. The summed E-state index contributed by atoms with van der Waals surface area (Å²) in [5.74, 6) is -0.0897. The lowest BCUT2D eigenvalue weighted by Crippen LogP contribution is -2.31. The van der Waals surface area contributed by atoms with Gasteiger partial charge in [0.25, 0.3) is 5.91 Å². The summed E-state index contributed by atoms with van der Waals surface area (Å²) >= 11 is 3.51. The summed E-state index contributed by atoms with van der Waals surface area (Å²) in [4.78, 5) is 14.9. The number of carbonyl (C=O) groups is 1. The largest absolute Gasteiger partial charge is 0.351 e. The van der Waals surface area contributed by atoms with Crippen LogP contribution in [0.3, 0.4) is 0 Å². The van der Waals surface area contributed by atoms with E-state index in [0.717, 1.165) is 29.4 Å². The van der Waals surface area contributed by atoms with Crippen LogP contribution in [0.4, 0.5) is 0 Å². The molecule has 146 valence electrons. The number of halogens is 1. The van der Waals surface area contributed by atoms with E-state index in [4.69, 9.17) is 9.47 Å². The van der Waals surface area contributed by atoms with Crippen molar-refractivity contribution in [3.63, 3.8) is 0 Å². The molecule has 0 saturated carbocycles. The number of aromatic nitrogens is 3. The number of benzene rings is 1. The highest BCUT2D eigenvalue weighted by atomic mass is 79.9. The fourth-order valence-corrected chi connectivity index (χ4v) is 3.80. The van der Waals surface area contributed by atoms with Crippen LogP contribution in [0.15, 0.2) is 34.9 Å². The lowest BCUT2D eigenvalue weighted by molar-refractivity contribution is -0.145. The van der Waals surface area contributed by atoms with Gasteiger partial charge in [0.2, 0.25) is 0 Å². The number of carbonyl (C=O) groups excluding carboxylic acids is 1. The van der Waals surface area contributed by atoms with Crippen LogP contribution in [0.5, 0.6) is 0 Å². The molecule has 0 bridgehead atoms. The fourth-order valence-electron chi connectivity index (χ4n) is 3.38. The van der Waals surface area contributed by atoms with E-state index in [1.54, 1.807) is 10.9 Å². The lowest BCUT2D eigenvalue weighted by Gasteiger charge is -2.24. The zero-order valence-electron chi connectivity index (χ0n) is 15.7. The van der Waals surface area contributed by atoms with E-state index >= 15 is 0 Å². The molecular weight excluding hydrogens is 412 g/mol. The Bertz CT molecular complexity index is 761. The predicted octanol–water partition coefficient (Wildman–Crippen LogP) is 3.42. The van der Waals surface area contributed by atoms with Crippen LogP contribution in [0, 0.1) is 0 Å². The van der Waals surface area contributed by atoms with Crippen molar-refractivity contribution in [1.29, 1.82) is 0 Å². The average Bonchev–Trinajstić information content (AvgIpc) is 3.31. The molecule has 7 nitrogen and oxygen atoms in total. The molecule has 1 aliphatic heterocycles. The highest BCUT2D eigenvalue weighted by Crippen LogP contribution is 2.33. The molecule has 0 N–H and O–H groups in total. The molecule has 1 aromatic carbocycles. The minimum Gasteiger partial charge on any atom is -0.351 e. The van der Waals surface area contributed by atoms with Gasteiger partial charge in [-0.3, -0.25) is 4.79 Å². The third-order valence-electron chi connectivity index (χ3n) is 4.55. The highest BCUT2D eigenvalue weighted by molar-refractivity contribution is 9.10. The van der Waals surface area contributed by atoms with Gasteiger partial charge in [-0.05, 0) is 44.4 Å². The van der Waals surface area contributed by atoms with Crippen molar-refractivity contribution in [2.75, 3.05) is 19.8 Å². The average molecular weight is 437 g/mol. The van der Waals surface area contributed by atoms with Gasteiger partial charge in [-0.15, -0.1) is 5.10 Å². The molecule has 1 aromatic heterocycles. The van der Waals surface area contributed by atoms with E-state index in [2.05, 4.69) is 38.4 Å². The summed E-state index contributed by atoms with van der Waals surface area (Å²) in [6.45, 7) is 6.05. The molecule has 0 radical (unpaired) electrons. The number of amides is 1. The first-order valence-corrected chi connectivity index (χ1v) is 10.1. The predicted molar refractivity (Wildman–Crippen MR) is 104 cm³/mol. The lowest BCUT2D eigenvalue weighted by atomic mass is 10.0. The van der Waals surface area contributed by atoms with Crippen LogP contribution < -0.4 is 0 Å². The topological polar surface area (TPSA) is 69.5 Å². The van der Waals surface area contributed by atoms with Gasteiger partial charge in [0.15, 0.2) is 12.0 Å². The van der Waals surface area contributed by atoms with Gasteiger partial charge < -0.3 is 14.4 Å². The van der Waals surface area contributed by atoms with Crippen LogP contribution in [-0.2, 0) is 16.0 Å². The maximum absolute atomic E-state index is 13.0. The Labute approximate surface area is 167 Å². The van der Waals surface area contributed by atoms with E-state index in [1.807, 2.05) is 30.9 Å². The zero-order valence-corrected chi connectivity index (χ0v) is 17.3. The van der Waals surface area contributed by atoms with Crippen molar-refractivity contribution < 1.29 is 14.3 Å². The number of likely N-dealkylation sites (tertiary alicyclic amines) is 1. The van der Waals surface area contributed by atoms with Crippen molar-refractivity contribution in [3.8, 4) is 0 Å². The van der Waals surface area contributed by atoms with Crippen LogP contribution in [0.25, 0.3) is 0 Å². The van der Waals surface area contributed by atoms with Crippen molar-refractivity contribution in [3.05, 3.63) is 46.2 Å². The summed E-state index contributed by atoms with van der Waals surface area (Å²) in [5, 5.41) is 8.16. The number of ether oxygens (including phenoxy) is 2. The first-order valence-electron chi connectivity index (χ1n) is 9.32. The van der Waals surface area contributed by atoms with Gasteiger partial charge in [-0.25, -0.2) is 4.68 Å². The molecule has 8 heteroatoms. The molecule has 27 heavy (non-hydrogen) atoms. The maximum atomic E-state index is 13.0. The Morgan fingerprint density at radius 1 is 1.33 bits per heavy atom. The van der Waals surface area contributed by atoms with E-state index in [1.165, 1.54) is 0 Å². The number of hydrogen-bond acceptors (Lipinski definition) is 5. The molecule has 0 spiro atoms. The van der Waals surface area contributed by atoms with Gasteiger partial charge in [0, 0.05) is 24.2 Å². The molecule has 3 rings (SSSR count). The Kier molecular flexibility index (Phi) is 6.98. The van der Waals surface area contributed by atoms with Gasteiger partial charge in [0.1, 0.15) is 0 Å². The molecular formula is C19H25BrN4O3. The molecule has 1 fully saturated rings. The third kappa shape index (κ3) is 4.94. The quantitative estimate of drug-likeness (QED) is 0.592. The van der Waals surface area contributed by atoms with Crippen molar-refractivity contribution in [2.45, 2.75) is 45.6 Å². The third-order valence-corrected chi connectivity index (χ3v) is 5.04. The highest BCUT2D eigenvalue weighted by Gasteiger charge is 2.32. The first kappa shape index (κ1) is 20.0. The maximum Gasteiger partial charge on any atom is 0.276 e. The Morgan fingerprint density at radius 2 is 2.11 bits per heavy atom. The minimum absolute atomic E-state index is 0.0692. The Morgan fingerprint density at radius 3 is 2.81 bits per heavy atom. The Balaban J connectivity index is 1.71. The second kappa shape index (κ2) is 9.43. The summed E-state index contributed by atoms with van der Waals surface area (Å²) in [5.41, 5.74) is 1.49. The van der Waals surface area contributed by atoms with E-state index < -0.39 is 6.29 Å². The smallest absolute Gasteiger partial charge is 0.276 e. The first-order chi connectivity index (χ1) is 13.1. The summed E-state index contributed by atoms with van der Waals surface area (Å²) in [6, 6.07) is 8.19. The Hall–Kier alpha value is -1.77. The normalized spacial score (nSPS) is 17.0. The molecule has 2 aromatic rings. The molecule has 1 saturated heterocycles. The fraction of sp³-hybridized carbons (Fsp3) is 0.526. The molecule has 1 amide bonds. The van der Waals surface area contributed by atoms with Crippen LogP contribution in [0.1, 0.15) is 48.8 Å². The van der Waals surface area contributed by atoms with Crippen LogP contribution in [-0.4, -0.2) is 51.8 Å². The number of rotatable bonds is 8. The second-order valence-electron chi connectivity index (χ2n) is 6.38. The monoisotopic (exact) mass is 436 g/mol. The van der Waals surface area contributed by atoms with Gasteiger partial charge in [0.05, 0.1) is 18.8 Å². The summed E-state index contributed by atoms with van der Waals surface area (Å²) < 4.78 is 13.7. The molecule has 2 heterocycles. The van der Waals surface area contributed by atoms with Crippen molar-refractivity contribution >= 4 is 21.8 Å². The van der Waals surface area contributed by atoms with E-state index in [-0.39, 0.29) is 11.9 Å². The standard InChI is InChI=1S/C19H25BrN4O3/c1-3-26-18(27-4-2)13-23-12-16(21-22-23)19(25)24-10-6-9-17(24)14-7-5-8-15(20)11-14/h5,7-8,11-12,17-18H,3-4,6,9-10,13H2,1-2H3. The second-order valence-corrected chi connectivity index (χ2v) is 7.29. The van der Waals surface area contributed by atoms with E-state index in [0.29, 0.717) is 25.5 Å². The SMILES string of the molecule is CCOC(Cn1cc(C(=O)N2CCCC2c2cccc(Br)c2)nn1)OCC. The van der Waals surface area contributed by atoms with Crippen LogP contribution in [0.2, 0.25) is 0 Å². The summed E-state index contributed by atoms with van der Waals surface area (Å²) in [6.07, 6.45) is 3.20. The molecule has 1 atom stereocenters. The summed E-state index contributed by atoms with van der Waals surface area (Å²) in [7, 11) is 0. The van der Waals surface area contributed by atoms with Gasteiger partial charge in [-0.1, -0.05) is 33.3 Å².